The molecule has 4 amide bonds. The predicted octanol–water partition coefficient (Wildman–Crippen LogP) is 10.2. The maximum absolute atomic E-state index is 14.2. The molecule has 0 saturated heterocycles. The van der Waals surface area contributed by atoms with Crippen LogP contribution in [0.15, 0.2) is 139 Å². The molecule has 0 aromatic heterocycles. The molecule has 1 atom stereocenters. The van der Waals surface area contributed by atoms with E-state index < -0.39 is 34.7 Å². The number of ether oxygens (including phenoxy) is 2. The minimum atomic E-state index is -1.15. The van der Waals surface area contributed by atoms with E-state index in [0.29, 0.717) is 33.4 Å². The van der Waals surface area contributed by atoms with E-state index in [9.17, 15) is 19.2 Å². The highest BCUT2D eigenvalue weighted by atomic mass is 16.5. The van der Waals surface area contributed by atoms with E-state index in [1.54, 1.807) is 82.3 Å². The normalized spacial score (nSPS) is 17.6. The smallest absolute Gasteiger partial charge is 0.262 e. The van der Waals surface area contributed by atoms with Gasteiger partial charge in [-0.2, -0.15) is 0 Å². The largest absolute Gasteiger partial charge is 0.457 e. The van der Waals surface area contributed by atoms with Gasteiger partial charge in [-0.1, -0.05) is 74.5 Å². The Morgan fingerprint density at radius 1 is 0.537 bits per heavy atom. The highest BCUT2D eigenvalue weighted by molar-refractivity contribution is 6.33. The van der Waals surface area contributed by atoms with Gasteiger partial charge in [0.1, 0.15) is 23.0 Å². The molecule has 5 aromatic carbocycles. The minimum Gasteiger partial charge on any atom is -0.457 e. The topological polar surface area (TPSA) is 93.2 Å². The molecular weight excluding hydrogens is 677 g/mol. The van der Waals surface area contributed by atoms with Crippen LogP contribution in [0.2, 0.25) is 0 Å². The fraction of sp³-hybridized carbons (Fsp3) is 0.174. The van der Waals surface area contributed by atoms with Crippen molar-refractivity contribution in [3.63, 3.8) is 0 Å². The number of nitrogens with zero attached hydrogens (tertiary/aromatic N) is 2. The standard InChI is InChI=1S/C44H34N2O6.C2H6/c1-43(2,3)45-39(47)33-20-22-35-38-36(23-21-34(37(33)38)40(45)48)42(50)46(41(35)49)44(4)25-8-11-30(24-26-44)52-32-18-14-28(15-19-32)27-12-16-31(17-13-27)51-29-9-6-5-7-10-29;1-2/h5-26H,1-4H3;1-2H3. The van der Waals surface area contributed by atoms with Crippen LogP contribution in [0, 0.1) is 0 Å². The number of rotatable bonds is 6. The summed E-state index contributed by atoms with van der Waals surface area (Å²) in [6.45, 7) is 11.2. The van der Waals surface area contributed by atoms with E-state index in [1.165, 1.54) is 9.80 Å². The Balaban J connectivity index is 0.00000221. The molecule has 0 fully saturated rings. The Hall–Kier alpha value is -6.54. The molecule has 54 heavy (non-hydrogen) atoms. The average Bonchev–Trinajstić information content (AvgIpc) is 3.35. The van der Waals surface area contributed by atoms with E-state index in [-0.39, 0.29) is 11.1 Å². The van der Waals surface area contributed by atoms with Crippen molar-refractivity contribution in [2.45, 2.75) is 52.6 Å². The van der Waals surface area contributed by atoms with Crippen LogP contribution in [-0.4, -0.2) is 44.5 Å². The summed E-state index contributed by atoms with van der Waals surface area (Å²) in [5, 5.41) is 0.685. The first kappa shape index (κ1) is 35.8. The van der Waals surface area contributed by atoms with Crippen molar-refractivity contribution in [3.05, 3.63) is 162 Å². The van der Waals surface area contributed by atoms with Crippen LogP contribution in [-0.2, 0) is 0 Å². The fourth-order valence-corrected chi connectivity index (χ4v) is 7.03. The van der Waals surface area contributed by atoms with Crippen molar-refractivity contribution in [2.24, 2.45) is 0 Å². The third kappa shape index (κ3) is 6.19. The lowest BCUT2D eigenvalue weighted by Crippen LogP contribution is -2.53. The number of carbonyl (C=O) groups is 4. The van der Waals surface area contributed by atoms with Crippen LogP contribution < -0.4 is 9.47 Å². The van der Waals surface area contributed by atoms with Crippen LogP contribution in [0.3, 0.4) is 0 Å². The van der Waals surface area contributed by atoms with Gasteiger partial charge >= 0.3 is 0 Å². The van der Waals surface area contributed by atoms with Crippen molar-refractivity contribution in [2.75, 3.05) is 0 Å². The lowest BCUT2D eigenvalue weighted by atomic mass is 9.83. The number of hydrogen-bond acceptors (Lipinski definition) is 6. The van der Waals surface area contributed by atoms with E-state index >= 15 is 0 Å². The van der Waals surface area contributed by atoms with Gasteiger partial charge in [0, 0.05) is 38.6 Å². The molecular formula is C46H40N2O6. The molecule has 270 valence electrons. The van der Waals surface area contributed by atoms with Gasteiger partial charge in [-0.3, -0.25) is 29.0 Å². The van der Waals surface area contributed by atoms with Crippen molar-refractivity contribution >= 4 is 34.4 Å². The van der Waals surface area contributed by atoms with Crippen molar-refractivity contribution in [3.8, 4) is 28.4 Å². The molecule has 0 radical (unpaired) electrons. The van der Waals surface area contributed by atoms with E-state index in [2.05, 4.69) is 0 Å². The fourth-order valence-electron chi connectivity index (χ4n) is 7.03. The summed E-state index contributed by atoms with van der Waals surface area (Å²) in [7, 11) is 0. The number of benzene rings is 5. The lowest BCUT2D eigenvalue weighted by Gasteiger charge is -2.40. The van der Waals surface area contributed by atoms with Crippen molar-refractivity contribution in [1.29, 1.82) is 0 Å². The van der Waals surface area contributed by atoms with Gasteiger partial charge in [0.25, 0.3) is 23.6 Å². The number of hydrogen-bond donors (Lipinski definition) is 0. The third-order valence-corrected chi connectivity index (χ3v) is 9.58. The van der Waals surface area contributed by atoms with Gasteiger partial charge < -0.3 is 9.47 Å². The third-order valence-electron chi connectivity index (χ3n) is 9.58. The highest BCUT2D eigenvalue weighted by Crippen LogP contribution is 2.41. The predicted molar refractivity (Wildman–Crippen MR) is 210 cm³/mol. The van der Waals surface area contributed by atoms with Gasteiger partial charge in [0.15, 0.2) is 0 Å². The van der Waals surface area contributed by atoms with Crippen LogP contribution in [0.1, 0.15) is 83.0 Å². The van der Waals surface area contributed by atoms with Crippen molar-refractivity contribution < 1.29 is 28.7 Å². The summed E-state index contributed by atoms with van der Waals surface area (Å²) in [6.07, 6.45) is 8.81. The van der Waals surface area contributed by atoms with Crippen molar-refractivity contribution in [1.82, 2.24) is 9.80 Å². The molecule has 1 aliphatic carbocycles. The second-order valence-corrected chi connectivity index (χ2v) is 14.2. The summed E-state index contributed by atoms with van der Waals surface area (Å²) in [5.74, 6) is 0.731. The maximum Gasteiger partial charge on any atom is 0.262 e. The molecule has 1 unspecified atom stereocenters. The Morgan fingerprint density at radius 2 is 0.981 bits per heavy atom. The number of imide groups is 2. The highest BCUT2D eigenvalue weighted by Gasteiger charge is 2.46. The van der Waals surface area contributed by atoms with Crippen LogP contribution in [0.5, 0.6) is 17.2 Å². The summed E-state index contributed by atoms with van der Waals surface area (Å²) in [5.41, 5.74) is 1.25. The first-order valence-corrected chi connectivity index (χ1v) is 18.0. The number of amides is 4. The van der Waals surface area contributed by atoms with Gasteiger partial charge in [-0.25, -0.2) is 0 Å². The van der Waals surface area contributed by atoms with Gasteiger partial charge in [0.05, 0.1) is 5.54 Å². The number of para-hydroxylation sites is 1. The molecule has 8 rings (SSSR count). The summed E-state index contributed by atoms with van der Waals surface area (Å²) in [6, 6.07) is 31.6. The Morgan fingerprint density at radius 3 is 1.46 bits per heavy atom. The molecule has 0 bridgehead atoms. The summed E-state index contributed by atoms with van der Waals surface area (Å²) >= 11 is 0. The van der Waals surface area contributed by atoms with Gasteiger partial charge in [-0.15, -0.1) is 0 Å². The van der Waals surface area contributed by atoms with E-state index in [4.69, 9.17) is 9.47 Å². The van der Waals surface area contributed by atoms with Gasteiger partial charge in [-0.05, 0) is 112 Å². The SMILES string of the molecule is CC.CC(C)(C)N1C(=O)c2ccc3c4c(ccc(c24)C1=O)C(=O)N(C1(C)C=CC=C(Oc2ccc(-c4ccc(Oc5ccccc5)cc4)cc2)C=C1)C3=O. The van der Waals surface area contributed by atoms with E-state index in [0.717, 1.165) is 22.6 Å². The van der Waals surface area contributed by atoms with Crippen LogP contribution >= 0.6 is 0 Å². The number of allylic oxidation sites excluding steroid dienone is 3. The van der Waals surface area contributed by atoms with Crippen LogP contribution in [0.4, 0.5) is 0 Å². The molecule has 2 aliphatic heterocycles. The summed E-state index contributed by atoms with van der Waals surface area (Å²) in [4.78, 5) is 57.9. The first-order chi connectivity index (χ1) is 25.9. The molecule has 0 spiro atoms. The Labute approximate surface area is 314 Å². The monoisotopic (exact) mass is 716 g/mol. The molecule has 5 aromatic rings. The molecule has 0 saturated carbocycles. The second-order valence-electron chi connectivity index (χ2n) is 14.2. The maximum atomic E-state index is 14.2. The molecule has 8 nitrogen and oxygen atoms in total. The molecule has 2 heterocycles. The van der Waals surface area contributed by atoms with E-state index in [1.807, 2.05) is 92.7 Å². The minimum absolute atomic E-state index is 0.259. The zero-order valence-corrected chi connectivity index (χ0v) is 31.0. The average molecular weight is 717 g/mol. The Kier molecular flexibility index (Phi) is 9.15. The number of carbonyl (C=O) groups excluding carboxylic acids is 4. The quantitative estimate of drug-likeness (QED) is 0.162. The molecule has 3 aliphatic rings. The molecule has 0 N–H and O–H groups in total. The first-order valence-electron chi connectivity index (χ1n) is 18.0. The second kappa shape index (κ2) is 13.8. The zero-order chi connectivity index (χ0) is 38.4. The molecule has 8 heteroatoms. The zero-order valence-electron chi connectivity index (χ0n) is 31.0. The van der Waals surface area contributed by atoms with Crippen LogP contribution in [0.25, 0.3) is 21.9 Å². The Bertz CT molecular complexity index is 2350. The summed E-state index contributed by atoms with van der Waals surface area (Å²) < 4.78 is 12.1. The van der Waals surface area contributed by atoms with Gasteiger partial charge in [0.2, 0.25) is 0 Å². The lowest BCUT2D eigenvalue weighted by molar-refractivity contribution is 0.0452.